The van der Waals surface area contributed by atoms with Crippen molar-refractivity contribution >= 4 is 5.97 Å². The fourth-order valence-corrected chi connectivity index (χ4v) is 1.17. The van der Waals surface area contributed by atoms with Crippen molar-refractivity contribution in [1.29, 1.82) is 0 Å². The standard InChI is InChI=1S/C10H13NO2/c1-4-8-5-9(10(12)13-3)6-11-7(8)2/h5-6H,4H2,1-3H3. The summed E-state index contributed by atoms with van der Waals surface area (Å²) in [6.45, 7) is 3.96. The lowest BCUT2D eigenvalue weighted by molar-refractivity contribution is 0.0600. The molecule has 0 aliphatic heterocycles. The first-order chi connectivity index (χ1) is 6.19. The van der Waals surface area contributed by atoms with Gasteiger partial charge in [-0.15, -0.1) is 0 Å². The average molecular weight is 179 g/mol. The van der Waals surface area contributed by atoms with Crippen LogP contribution in [-0.4, -0.2) is 18.1 Å². The molecule has 0 bridgehead atoms. The molecule has 0 saturated heterocycles. The van der Waals surface area contributed by atoms with Crippen molar-refractivity contribution < 1.29 is 9.53 Å². The number of aryl methyl sites for hydroxylation is 2. The second-order valence-electron chi connectivity index (χ2n) is 2.81. The molecule has 0 amide bonds. The van der Waals surface area contributed by atoms with Crippen LogP contribution in [0.5, 0.6) is 0 Å². The third-order valence-corrected chi connectivity index (χ3v) is 1.99. The lowest BCUT2D eigenvalue weighted by Crippen LogP contribution is -2.04. The molecule has 0 N–H and O–H groups in total. The second kappa shape index (κ2) is 4.03. The zero-order chi connectivity index (χ0) is 9.84. The van der Waals surface area contributed by atoms with E-state index < -0.39 is 0 Å². The molecule has 13 heavy (non-hydrogen) atoms. The number of hydrogen-bond acceptors (Lipinski definition) is 3. The number of carbonyl (C=O) groups is 1. The van der Waals surface area contributed by atoms with Gasteiger partial charge in [0, 0.05) is 11.9 Å². The summed E-state index contributed by atoms with van der Waals surface area (Å²) in [7, 11) is 1.37. The SMILES string of the molecule is CCc1cc(C(=O)OC)cnc1C. The van der Waals surface area contributed by atoms with Crippen LogP contribution in [0.15, 0.2) is 12.3 Å². The van der Waals surface area contributed by atoms with Gasteiger partial charge in [-0.25, -0.2) is 4.79 Å². The molecule has 1 rings (SSSR count). The summed E-state index contributed by atoms with van der Waals surface area (Å²) in [5.74, 6) is -0.331. The third kappa shape index (κ3) is 2.05. The molecule has 0 aliphatic carbocycles. The molecule has 0 aliphatic rings. The van der Waals surface area contributed by atoms with E-state index >= 15 is 0 Å². The van der Waals surface area contributed by atoms with Gasteiger partial charge in [0.25, 0.3) is 0 Å². The van der Waals surface area contributed by atoms with Crippen molar-refractivity contribution in [2.75, 3.05) is 7.11 Å². The number of nitrogens with zero attached hydrogens (tertiary/aromatic N) is 1. The summed E-state index contributed by atoms with van der Waals surface area (Å²) < 4.78 is 4.60. The number of ether oxygens (including phenoxy) is 1. The Kier molecular flexibility index (Phi) is 3.01. The van der Waals surface area contributed by atoms with Gasteiger partial charge in [-0.05, 0) is 25.0 Å². The van der Waals surface area contributed by atoms with E-state index in [1.807, 2.05) is 19.9 Å². The van der Waals surface area contributed by atoms with Crippen molar-refractivity contribution in [3.8, 4) is 0 Å². The smallest absolute Gasteiger partial charge is 0.339 e. The van der Waals surface area contributed by atoms with Gasteiger partial charge in [-0.1, -0.05) is 6.92 Å². The quantitative estimate of drug-likeness (QED) is 0.649. The third-order valence-electron chi connectivity index (χ3n) is 1.99. The summed E-state index contributed by atoms with van der Waals surface area (Å²) in [5, 5.41) is 0. The van der Waals surface area contributed by atoms with Crippen LogP contribution in [0.3, 0.4) is 0 Å². The maximum atomic E-state index is 11.1. The van der Waals surface area contributed by atoms with Crippen LogP contribution in [0.2, 0.25) is 0 Å². The molecule has 3 nitrogen and oxygen atoms in total. The monoisotopic (exact) mass is 179 g/mol. The number of esters is 1. The molecule has 3 heteroatoms. The molecule has 0 fully saturated rings. The molecular formula is C10H13NO2. The zero-order valence-corrected chi connectivity index (χ0v) is 8.13. The molecule has 0 unspecified atom stereocenters. The first-order valence-electron chi connectivity index (χ1n) is 4.22. The van der Waals surface area contributed by atoms with E-state index in [4.69, 9.17) is 0 Å². The van der Waals surface area contributed by atoms with Crippen LogP contribution in [0.1, 0.15) is 28.5 Å². The number of aromatic nitrogens is 1. The van der Waals surface area contributed by atoms with Crippen LogP contribution < -0.4 is 0 Å². The zero-order valence-electron chi connectivity index (χ0n) is 8.13. The summed E-state index contributed by atoms with van der Waals surface area (Å²) >= 11 is 0. The fraction of sp³-hybridized carbons (Fsp3) is 0.400. The van der Waals surface area contributed by atoms with E-state index in [1.54, 1.807) is 6.20 Å². The number of pyridine rings is 1. The van der Waals surface area contributed by atoms with Crippen LogP contribution in [-0.2, 0) is 11.2 Å². The van der Waals surface area contributed by atoms with Gasteiger partial charge in [0.1, 0.15) is 0 Å². The summed E-state index contributed by atoms with van der Waals surface area (Å²) in [4.78, 5) is 15.2. The maximum Gasteiger partial charge on any atom is 0.339 e. The van der Waals surface area contributed by atoms with Crippen molar-refractivity contribution in [3.63, 3.8) is 0 Å². The van der Waals surface area contributed by atoms with E-state index in [2.05, 4.69) is 9.72 Å². The molecule has 0 saturated carbocycles. The number of carbonyl (C=O) groups excluding carboxylic acids is 1. The molecule has 70 valence electrons. The summed E-state index contributed by atoms with van der Waals surface area (Å²) in [6.07, 6.45) is 2.42. The summed E-state index contributed by atoms with van der Waals surface area (Å²) in [5.41, 5.74) is 2.57. The first-order valence-corrected chi connectivity index (χ1v) is 4.22. The highest BCUT2D eigenvalue weighted by molar-refractivity contribution is 5.89. The Morgan fingerprint density at radius 3 is 2.85 bits per heavy atom. The minimum atomic E-state index is -0.331. The normalized spacial score (nSPS) is 9.77. The number of methoxy groups -OCH3 is 1. The van der Waals surface area contributed by atoms with Crippen LogP contribution in [0.25, 0.3) is 0 Å². The van der Waals surface area contributed by atoms with Gasteiger partial charge in [0.15, 0.2) is 0 Å². The van der Waals surface area contributed by atoms with Crippen molar-refractivity contribution in [1.82, 2.24) is 4.98 Å². The average Bonchev–Trinajstić information content (AvgIpc) is 2.17. The minimum absolute atomic E-state index is 0.331. The second-order valence-corrected chi connectivity index (χ2v) is 2.81. The molecule has 0 aromatic carbocycles. The van der Waals surface area contributed by atoms with Crippen LogP contribution in [0, 0.1) is 6.92 Å². The highest BCUT2D eigenvalue weighted by atomic mass is 16.5. The Morgan fingerprint density at radius 1 is 1.62 bits per heavy atom. The topological polar surface area (TPSA) is 39.2 Å². The van der Waals surface area contributed by atoms with Gasteiger partial charge in [-0.2, -0.15) is 0 Å². The van der Waals surface area contributed by atoms with Crippen LogP contribution >= 0.6 is 0 Å². The molecule has 1 aromatic heterocycles. The van der Waals surface area contributed by atoms with E-state index in [9.17, 15) is 4.79 Å². The van der Waals surface area contributed by atoms with Gasteiger partial charge in [0.2, 0.25) is 0 Å². The minimum Gasteiger partial charge on any atom is -0.465 e. The largest absolute Gasteiger partial charge is 0.465 e. The highest BCUT2D eigenvalue weighted by Crippen LogP contribution is 2.09. The Hall–Kier alpha value is -1.38. The maximum absolute atomic E-state index is 11.1. The Labute approximate surface area is 77.8 Å². The highest BCUT2D eigenvalue weighted by Gasteiger charge is 2.07. The van der Waals surface area contributed by atoms with Gasteiger partial charge in [-0.3, -0.25) is 4.98 Å². The van der Waals surface area contributed by atoms with Gasteiger partial charge in [0.05, 0.1) is 12.7 Å². The van der Waals surface area contributed by atoms with Gasteiger partial charge < -0.3 is 4.74 Å². The van der Waals surface area contributed by atoms with E-state index in [0.717, 1.165) is 17.7 Å². The molecule has 0 radical (unpaired) electrons. The van der Waals surface area contributed by atoms with Crippen molar-refractivity contribution in [2.24, 2.45) is 0 Å². The lowest BCUT2D eigenvalue weighted by Gasteiger charge is -2.04. The number of hydrogen-bond donors (Lipinski definition) is 0. The molecular weight excluding hydrogens is 166 g/mol. The predicted molar refractivity (Wildman–Crippen MR) is 49.7 cm³/mol. The van der Waals surface area contributed by atoms with Gasteiger partial charge >= 0.3 is 5.97 Å². The van der Waals surface area contributed by atoms with Crippen LogP contribution in [0.4, 0.5) is 0 Å². The van der Waals surface area contributed by atoms with Crippen molar-refractivity contribution in [2.45, 2.75) is 20.3 Å². The fourth-order valence-electron chi connectivity index (χ4n) is 1.17. The first kappa shape index (κ1) is 9.71. The molecule has 1 aromatic rings. The molecule has 0 spiro atoms. The Morgan fingerprint density at radius 2 is 2.31 bits per heavy atom. The number of rotatable bonds is 2. The van der Waals surface area contributed by atoms with E-state index in [-0.39, 0.29) is 5.97 Å². The summed E-state index contributed by atoms with van der Waals surface area (Å²) in [6, 6.07) is 1.83. The Bertz CT molecular complexity index is 321. The van der Waals surface area contributed by atoms with E-state index in [1.165, 1.54) is 7.11 Å². The molecule has 0 atom stereocenters. The van der Waals surface area contributed by atoms with Crippen molar-refractivity contribution in [3.05, 3.63) is 29.1 Å². The van der Waals surface area contributed by atoms with E-state index in [0.29, 0.717) is 5.56 Å². The molecule has 1 heterocycles. The lowest BCUT2D eigenvalue weighted by atomic mass is 10.1. The Balaban J connectivity index is 3.06. The predicted octanol–water partition coefficient (Wildman–Crippen LogP) is 1.74.